The number of anilines is 1. The van der Waals surface area contributed by atoms with Gasteiger partial charge < -0.3 is 10.1 Å². The van der Waals surface area contributed by atoms with E-state index in [1.165, 1.54) is 0 Å². The first-order valence-corrected chi connectivity index (χ1v) is 10.8. The average Bonchev–Trinajstić information content (AvgIpc) is 2.80. The molecule has 1 amide bonds. The fourth-order valence-corrected chi connectivity index (χ4v) is 4.59. The number of likely N-dealkylation sites (tertiary alicyclic amines) is 1. The standard InChI is InChI=1S/C24H22ClN3O3/c25-19-5-3-15-2-1-9-26-23(15)18(19)13-28-10-7-16(8-11-28)24(30)17-4-6-21-20(12-17)27-22(29)14-31-21/h1-6,9,12,16H,7-8,10-11,13-14H2,(H,27,29). The molecule has 3 heterocycles. The number of Topliss-reactive ketones (excluding diaryl/α,β-unsaturated/α-hetero) is 1. The van der Waals surface area contributed by atoms with Crippen molar-refractivity contribution in [2.24, 2.45) is 5.92 Å². The molecule has 0 saturated carbocycles. The monoisotopic (exact) mass is 435 g/mol. The molecule has 0 aliphatic carbocycles. The summed E-state index contributed by atoms with van der Waals surface area (Å²) in [5, 5.41) is 4.57. The van der Waals surface area contributed by atoms with Gasteiger partial charge in [-0.3, -0.25) is 19.5 Å². The highest BCUT2D eigenvalue weighted by atomic mass is 35.5. The second kappa shape index (κ2) is 8.29. The summed E-state index contributed by atoms with van der Waals surface area (Å²) >= 11 is 6.49. The summed E-state index contributed by atoms with van der Waals surface area (Å²) in [5.74, 6) is 0.487. The minimum absolute atomic E-state index is 0.00892. The van der Waals surface area contributed by atoms with Gasteiger partial charge in [0.1, 0.15) is 5.75 Å². The third-order valence-electron chi connectivity index (χ3n) is 6.06. The predicted molar refractivity (Wildman–Crippen MR) is 120 cm³/mol. The molecule has 5 rings (SSSR count). The van der Waals surface area contributed by atoms with Gasteiger partial charge in [0.25, 0.3) is 5.91 Å². The Balaban J connectivity index is 1.26. The number of carbonyl (C=O) groups is 2. The van der Waals surface area contributed by atoms with Crippen LogP contribution in [-0.2, 0) is 11.3 Å². The molecule has 0 radical (unpaired) electrons. The molecule has 1 aromatic heterocycles. The van der Waals surface area contributed by atoms with Gasteiger partial charge in [-0.2, -0.15) is 0 Å². The summed E-state index contributed by atoms with van der Waals surface area (Å²) in [7, 11) is 0. The first-order valence-electron chi connectivity index (χ1n) is 10.4. The summed E-state index contributed by atoms with van der Waals surface area (Å²) in [6.45, 7) is 2.37. The van der Waals surface area contributed by atoms with Crippen LogP contribution in [0.25, 0.3) is 10.9 Å². The number of benzene rings is 2. The maximum atomic E-state index is 13.1. The van der Waals surface area contributed by atoms with Crippen LogP contribution < -0.4 is 10.1 Å². The van der Waals surface area contributed by atoms with E-state index in [4.69, 9.17) is 16.3 Å². The minimum atomic E-state index is -0.202. The van der Waals surface area contributed by atoms with Crippen molar-refractivity contribution in [3.05, 3.63) is 64.8 Å². The summed E-state index contributed by atoms with van der Waals surface area (Å²) in [6, 6.07) is 13.2. The van der Waals surface area contributed by atoms with Gasteiger partial charge in [0.2, 0.25) is 0 Å². The number of piperidine rings is 1. The zero-order chi connectivity index (χ0) is 21.4. The molecule has 0 bridgehead atoms. The lowest BCUT2D eigenvalue weighted by Gasteiger charge is -2.31. The van der Waals surface area contributed by atoms with Crippen LogP contribution >= 0.6 is 11.6 Å². The number of hydrogen-bond donors (Lipinski definition) is 1. The van der Waals surface area contributed by atoms with Crippen LogP contribution in [0.1, 0.15) is 28.8 Å². The van der Waals surface area contributed by atoms with Crippen LogP contribution in [0.3, 0.4) is 0 Å². The first-order chi connectivity index (χ1) is 15.1. The van der Waals surface area contributed by atoms with Crippen LogP contribution in [0.5, 0.6) is 5.75 Å². The number of ether oxygens (including phenoxy) is 1. The molecule has 2 aromatic carbocycles. The van der Waals surface area contributed by atoms with Crippen molar-refractivity contribution >= 4 is 39.9 Å². The van der Waals surface area contributed by atoms with Crippen LogP contribution in [0.4, 0.5) is 5.69 Å². The fraction of sp³-hybridized carbons (Fsp3) is 0.292. The summed E-state index contributed by atoms with van der Waals surface area (Å²) in [4.78, 5) is 31.5. The lowest BCUT2D eigenvalue weighted by molar-refractivity contribution is -0.118. The summed E-state index contributed by atoms with van der Waals surface area (Å²) < 4.78 is 5.38. The third kappa shape index (κ3) is 4.01. The number of fused-ring (bicyclic) bond motifs is 2. The van der Waals surface area contributed by atoms with Gasteiger partial charge in [-0.1, -0.05) is 23.7 Å². The van der Waals surface area contributed by atoms with Gasteiger partial charge in [-0.25, -0.2) is 0 Å². The van der Waals surface area contributed by atoms with E-state index in [-0.39, 0.29) is 24.2 Å². The van der Waals surface area contributed by atoms with Crippen molar-refractivity contribution in [2.45, 2.75) is 19.4 Å². The third-order valence-corrected chi connectivity index (χ3v) is 6.41. The molecule has 0 spiro atoms. The van der Waals surface area contributed by atoms with Crippen molar-refractivity contribution < 1.29 is 14.3 Å². The van der Waals surface area contributed by atoms with Crippen molar-refractivity contribution in [2.75, 3.05) is 25.0 Å². The smallest absolute Gasteiger partial charge is 0.262 e. The lowest BCUT2D eigenvalue weighted by atomic mass is 9.88. The van der Waals surface area contributed by atoms with Gasteiger partial charge in [0.05, 0.1) is 11.2 Å². The normalized spacial score (nSPS) is 17.1. The zero-order valence-electron chi connectivity index (χ0n) is 16.9. The fourth-order valence-electron chi connectivity index (χ4n) is 4.38. The number of carbonyl (C=O) groups excluding carboxylic acids is 2. The second-order valence-electron chi connectivity index (χ2n) is 8.06. The van der Waals surface area contributed by atoms with Gasteiger partial charge in [0, 0.05) is 40.2 Å². The number of nitrogens with one attached hydrogen (secondary N) is 1. The number of rotatable bonds is 4. The van der Waals surface area contributed by atoms with Crippen LogP contribution in [0.15, 0.2) is 48.7 Å². The Morgan fingerprint density at radius 3 is 2.87 bits per heavy atom. The largest absolute Gasteiger partial charge is 0.482 e. The predicted octanol–water partition coefficient (Wildman–Crippen LogP) is 4.31. The van der Waals surface area contributed by atoms with Crippen molar-refractivity contribution in [1.29, 1.82) is 0 Å². The number of ketones is 1. The Bertz CT molecular complexity index is 1170. The van der Waals surface area contributed by atoms with E-state index in [1.807, 2.05) is 24.3 Å². The van der Waals surface area contributed by atoms with E-state index in [0.717, 1.165) is 54.0 Å². The Labute approximate surface area is 185 Å². The van der Waals surface area contributed by atoms with Crippen LogP contribution in [0.2, 0.25) is 5.02 Å². The molecule has 6 nitrogen and oxygen atoms in total. The Morgan fingerprint density at radius 1 is 1.19 bits per heavy atom. The molecule has 1 N–H and O–H groups in total. The molecule has 7 heteroatoms. The Kier molecular flexibility index (Phi) is 5.34. The quantitative estimate of drug-likeness (QED) is 0.618. The van der Waals surface area contributed by atoms with E-state index in [0.29, 0.717) is 17.0 Å². The van der Waals surface area contributed by atoms with Gasteiger partial charge in [-0.15, -0.1) is 0 Å². The molecule has 2 aliphatic heterocycles. The molecule has 1 saturated heterocycles. The minimum Gasteiger partial charge on any atom is -0.482 e. The maximum absolute atomic E-state index is 13.1. The number of pyridine rings is 1. The Hall–Kier alpha value is -2.96. The number of hydrogen-bond acceptors (Lipinski definition) is 5. The average molecular weight is 436 g/mol. The second-order valence-corrected chi connectivity index (χ2v) is 8.47. The highest BCUT2D eigenvalue weighted by Gasteiger charge is 2.27. The highest BCUT2D eigenvalue weighted by molar-refractivity contribution is 6.32. The summed E-state index contributed by atoms with van der Waals surface area (Å²) in [5.41, 5.74) is 3.16. The molecular weight excluding hydrogens is 414 g/mol. The van der Waals surface area contributed by atoms with E-state index >= 15 is 0 Å². The number of aromatic nitrogens is 1. The zero-order valence-corrected chi connectivity index (χ0v) is 17.7. The van der Waals surface area contributed by atoms with Crippen molar-refractivity contribution in [3.8, 4) is 5.75 Å². The van der Waals surface area contributed by atoms with E-state index < -0.39 is 0 Å². The summed E-state index contributed by atoms with van der Waals surface area (Å²) in [6.07, 6.45) is 3.36. The molecule has 0 atom stereocenters. The molecule has 3 aromatic rings. The van der Waals surface area contributed by atoms with Gasteiger partial charge >= 0.3 is 0 Å². The molecule has 0 unspecified atom stereocenters. The number of nitrogens with zero attached hydrogens (tertiary/aromatic N) is 2. The molecular formula is C24H22ClN3O3. The van der Waals surface area contributed by atoms with Crippen LogP contribution in [0, 0.1) is 5.92 Å². The SMILES string of the molecule is O=C1COc2ccc(C(=O)C3CCN(Cc4c(Cl)ccc5cccnc45)CC3)cc2N1. The molecule has 158 valence electrons. The number of amides is 1. The van der Waals surface area contributed by atoms with Crippen LogP contribution in [-0.4, -0.2) is 41.3 Å². The highest BCUT2D eigenvalue weighted by Crippen LogP contribution is 2.32. The maximum Gasteiger partial charge on any atom is 0.262 e. The lowest BCUT2D eigenvalue weighted by Crippen LogP contribution is -2.36. The first kappa shape index (κ1) is 20.0. The van der Waals surface area contributed by atoms with E-state index in [2.05, 4.69) is 15.2 Å². The van der Waals surface area contributed by atoms with Gasteiger partial charge in [0.15, 0.2) is 12.4 Å². The Morgan fingerprint density at radius 2 is 2.03 bits per heavy atom. The van der Waals surface area contributed by atoms with E-state index in [9.17, 15) is 9.59 Å². The van der Waals surface area contributed by atoms with Gasteiger partial charge in [-0.05, 0) is 56.3 Å². The number of halogens is 1. The molecule has 1 fully saturated rings. The van der Waals surface area contributed by atoms with Crippen molar-refractivity contribution in [3.63, 3.8) is 0 Å². The van der Waals surface area contributed by atoms with Crippen molar-refractivity contribution in [1.82, 2.24) is 9.88 Å². The molecule has 2 aliphatic rings. The molecule has 31 heavy (non-hydrogen) atoms. The topological polar surface area (TPSA) is 71.5 Å². The van der Waals surface area contributed by atoms with E-state index in [1.54, 1.807) is 24.4 Å².